The minimum Gasteiger partial charge on any atom is -0.457 e. The summed E-state index contributed by atoms with van der Waals surface area (Å²) < 4.78 is 18.8. The van der Waals surface area contributed by atoms with Gasteiger partial charge in [0.25, 0.3) is 0 Å². The maximum atomic E-state index is 13.0. The smallest absolute Gasteiger partial charge is 0.240 e. The normalized spacial score (nSPS) is 18.4. The van der Waals surface area contributed by atoms with Crippen molar-refractivity contribution in [3.8, 4) is 11.5 Å². The van der Waals surface area contributed by atoms with Gasteiger partial charge >= 0.3 is 0 Å². The lowest BCUT2D eigenvalue weighted by Crippen LogP contribution is -2.40. The third-order valence-electron chi connectivity index (χ3n) is 5.70. The van der Waals surface area contributed by atoms with Gasteiger partial charge in [-0.1, -0.05) is 24.3 Å². The molecule has 2 unspecified atom stereocenters. The quantitative estimate of drug-likeness (QED) is 0.639. The SMILES string of the molecule is Cc1ccccc1CC1CC(C(N)=O)N(c2ccc(Oc3ccc(F)cc3)cc2)C1. The van der Waals surface area contributed by atoms with Crippen molar-refractivity contribution >= 4 is 11.6 Å². The van der Waals surface area contributed by atoms with Gasteiger partial charge in [-0.05, 0) is 85.3 Å². The van der Waals surface area contributed by atoms with E-state index in [2.05, 4.69) is 30.0 Å². The molecule has 0 radical (unpaired) electrons. The van der Waals surface area contributed by atoms with E-state index in [0.29, 0.717) is 17.4 Å². The lowest BCUT2D eigenvalue weighted by molar-refractivity contribution is -0.119. The third-order valence-corrected chi connectivity index (χ3v) is 5.70. The van der Waals surface area contributed by atoms with Crippen molar-refractivity contribution in [1.82, 2.24) is 0 Å². The van der Waals surface area contributed by atoms with Crippen LogP contribution in [0.1, 0.15) is 17.5 Å². The summed E-state index contributed by atoms with van der Waals surface area (Å²) in [6.45, 7) is 2.90. The molecule has 1 saturated heterocycles. The molecule has 0 spiro atoms. The summed E-state index contributed by atoms with van der Waals surface area (Å²) in [6.07, 6.45) is 1.68. The first kappa shape index (κ1) is 20.0. The number of primary amides is 1. The summed E-state index contributed by atoms with van der Waals surface area (Å²) in [5, 5.41) is 0. The summed E-state index contributed by atoms with van der Waals surface area (Å²) in [7, 11) is 0. The fraction of sp³-hybridized carbons (Fsp3) is 0.240. The maximum absolute atomic E-state index is 13.0. The van der Waals surface area contributed by atoms with Crippen LogP contribution in [0.25, 0.3) is 0 Å². The van der Waals surface area contributed by atoms with E-state index < -0.39 is 0 Å². The average molecular weight is 404 g/mol. The Morgan fingerprint density at radius 3 is 2.30 bits per heavy atom. The molecule has 4 nitrogen and oxygen atoms in total. The minimum atomic E-state index is -0.317. The summed E-state index contributed by atoms with van der Waals surface area (Å²) in [6, 6.07) is 21.5. The van der Waals surface area contributed by atoms with E-state index in [0.717, 1.165) is 25.1 Å². The van der Waals surface area contributed by atoms with Gasteiger partial charge in [0, 0.05) is 12.2 Å². The van der Waals surface area contributed by atoms with Crippen molar-refractivity contribution in [2.75, 3.05) is 11.4 Å². The van der Waals surface area contributed by atoms with Gasteiger partial charge < -0.3 is 15.4 Å². The Hall–Kier alpha value is -3.34. The van der Waals surface area contributed by atoms with Crippen LogP contribution in [-0.4, -0.2) is 18.5 Å². The molecule has 1 aliphatic rings. The highest BCUT2D eigenvalue weighted by Crippen LogP contribution is 2.33. The van der Waals surface area contributed by atoms with Crippen LogP contribution in [-0.2, 0) is 11.2 Å². The number of benzene rings is 3. The highest BCUT2D eigenvalue weighted by Gasteiger charge is 2.35. The summed E-state index contributed by atoms with van der Waals surface area (Å²) in [5.74, 6) is 0.979. The van der Waals surface area contributed by atoms with E-state index in [1.807, 2.05) is 30.3 Å². The molecule has 0 aliphatic carbocycles. The van der Waals surface area contributed by atoms with Gasteiger partial charge in [-0.15, -0.1) is 0 Å². The monoisotopic (exact) mass is 404 g/mol. The second-order valence-corrected chi connectivity index (χ2v) is 7.85. The number of hydrogen-bond donors (Lipinski definition) is 1. The first-order chi connectivity index (χ1) is 14.5. The van der Waals surface area contributed by atoms with E-state index in [1.165, 1.54) is 23.3 Å². The van der Waals surface area contributed by atoms with E-state index >= 15 is 0 Å². The Morgan fingerprint density at radius 2 is 1.67 bits per heavy atom. The Bertz CT molecular complexity index is 1020. The zero-order valence-corrected chi connectivity index (χ0v) is 16.9. The number of nitrogens with two attached hydrogens (primary N) is 1. The molecule has 2 atom stereocenters. The summed E-state index contributed by atoms with van der Waals surface area (Å²) in [4.78, 5) is 14.2. The van der Waals surface area contributed by atoms with Crippen molar-refractivity contribution in [3.05, 3.63) is 89.7 Å². The van der Waals surface area contributed by atoms with Crippen LogP contribution in [0.2, 0.25) is 0 Å². The molecule has 5 heteroatoms. The predicted octanol–water partition coefficient (Wildman–Crippen LogP) is 4.85. The van der Waals surface area contributed by atoms with Crippen molar-refractivity contribution in [3.63, 3.8) is 0 Å². The van der Waals surface area contributed by atoms with Gasteiger partial charge in [0.15, 0.2) is 0 Å². The van der Waals surface area contributed by atoms with E-state index in [1.54, 1.807) is 12.1 Å². The molecule has 154 valence electrons. The third kappa shape index (κ3) is 4.46. The number of hydrogen-bond acceptors (Lipinski definition) is 3. The van der Waals surface area contributed by atoms with Crippen LogP contribution in [0.15, 0.2) is 72.8 Å². The second kappa shape index (κ2) is 8.57. The standard InChI is InChI=1S/C25H25FN2O2/c1-17-4-2-3-5-19(17)14-18-15-24(25(27)29)28(16-18)21-8-12-23(13-9-21)30-22-10-6-20(26)7-11-22/h2-13,18,24H,14-16H2,1H3,(H2,27,29). The molecule has 3 aromatic rings. The Morgan fingerprint density at radius 1 is 1.03 bits per heavy atom. The van der Waals surface area contributed by atoms with Crippen molar-refractivity contribution in [2.45, 2.75) is 25.8 Å². The van der Waals surface area contributed by atoms with Crippen LogP contribution in [0.4, 0.5) is 10.1 Å². The molecule has 30 heavy (non-hydrogen) atoms. The first-order valence-electron chi connectivity index (χ1n) is 10.1. The highest BCUT2D eigenvalue weighted by atomic mass is 19.1. The Kier molecular flexibility index (Phi) is 5.70. The van der Waals surface area contributed by atoms with Crippen LogP contribution in [0, 0.1) is 18.7 Å². The van der Waals surface area contributed by atoms with E-state index in [9.17, 15) is 9.18 Å². The van der Waals surface area contributed by atoms with Gasteiger partial charge in [-0.2, -0.15) is 0 Å². The Labute approximate surface area is 176 Å². The molecule has 0 bridgehead atoms. The zero-order valence-electron chi connectivity index (χ0n) is 16.9. The number of amides is 1. The van der Waals surface area contributed by atoms with E-state index in [4.69, 9.17) is 10.5 Å². The molecule has 0 aromatic heterocycles. The largest absolute Gasteiger partial charge is 0.457 e. The van der Waals surface area contributed by atoms with Gasteiger partial charge in [0.05, 0.1) is 0 Å². The molecular weight excluding hydrogens is 379 g/mol. The molecule has 1 fully saturated rings. The molecule has 0 saturated carbocycles. The van der Waals surface area contributed by atoms with Crippen molar-refractivity contribution in [1.29, 1.82) is 0 Å². The number of carbonyl (C=O) groups excluding carboxylic acids is 1. The summed E-state index contributed by atoms with van der Waals surface area (Å²) >= 11 is 0. The number of rotatable bonds is 6. The molecule has 1 amide bonds. The van der Waals surface area contributed by atoms with E-state index in [-0.39, 0.29) is 17.8 Å². The molecular formula is C25H25FN2O2. The zero-order chi connectivity index (χ0) is 21.1. The van der Waals surface area contributed by atoms with Gasteiger partial charge in [-0.25, -0.2) is 4.39 Å². The van der Waals surface area contributed by atoms with Crippen LogP contribution in [0.3, 0.4) is 0 Å². The van der Waals surface area contributed by atoms with Crippen LogP contribution >= 0.6 is 0 Å². The first-order valence-corrected chi connectivity index (χ1v) is 10.1. The lowest BCUT2D eigenvalue weighted by Gasteiger charge is -2.24. The second-order valence-electron chi connectivity index (χ2n) is 7.85. The highest BCUT2D eigenvalue weighted by molar-refractivity contribution is 5.84. The topological polar surface area (TPSA) is 55.6 Å². The van der Waals surface area contributed by atoms with Crippen molar-refractivity contribution in [2.24, 2.45) is 11.7 Å². The molecule has 3 aromatic carbocycles. The number of anilines is 1. The Balaban J connectivity index is 1.47. The summed E-state index contributed by atoms with van der Waals surface area (Å²) in [5.41, 5.74) is 9.25. The minimum absolute atomic E-state index is 0.297. The number of nitrogens with zero attached hydrogens (tertiary/aromatic N) is 1. The average Bonchev–Trinajstić information content (AvgIpc) is 3.16. The van der Waals surface area contributed by atoms with Crippen LogP contribution in [0.5, 0.6) is 11.5 Å². The fourth-order valence-corrected chi connectivity index (χ4v) is 4.12. The lowest BCUT2D eigenvalue weighted by atomic mass is 9.94. The predicted molar refractivity (Wildman–Crippen MR) is 116 cm³/mol. The molecule has 2 N–H and O–H groups in total. The molecule has 4 rings (SSSR count). The van der Waals surface area contributed by atoms with Gasteiger partial charge in [0.2, 0.25) is 5.91 Å². The number of aryl methyl sites for hydroxylation is 1. The van der Waals surface area contributed by atoms with Crippen molar-refractivity contribution < 1.29 is 13.9 Å². The fourth-order valence-electron chi connectivity index (χ4n) is 4.12. The molecule has 1 aliphatic heterocycles. The number of carbonyl (C=O) groups is 1. The van der Waals surface area contributed by atoms with Gasteiger partial charge in [-0.3, -0.25) is 4.79 Å². The molecule has 1 heterocycles. The van der Waals surface area contributed by atoms with Crippen LogP contribution < -0.4 is 15.4 Å². The van der Waals surface area contributed by atoms with Gasteiger partial charge in [0.1, 0.15) is 23.4 Å². The number of halogens is 1. The maximum Gasteiger partial charge on any atom is 0.240 e. The number of ether oxygens (including phenoxy) is 1.